The monoisotopic (exact) mass is 441 g/mol. The van der Waals surface area contributed by atoms with E-state index in [2.05, 4.69) is 60.5 Å². The Balaban J connectivity index is 0.000000751. The Hall–Kier alpha value is -3.57. The second kappa shape index (κ2) is 14.4. The van der Waals surface area contributed by atoms with E-state index in [1.54, 1.807) is 7.11 Å². The smallest absolute Gasteiger partial charge is 0.414 e. The minimum absolute atomic E-state index is 0.557. The van der Waals surface area contributed by atoms with E-state index in [4.69, 9.17) is 29.8 Å². The molecule has 0 saturated heterocycles. The fourth-order valence-electron chi connectivity index (χ4n) is 2.98. The van der Waals surface area contributed by atoms with Crippen LogP contribution < -0.4 is 15.0 Å². The molecule has 3 N–H and O–H groups in total. The van der Waals surface area contributed by atoms with Crippen LogP contribution in [0.25, 0.3) is 0 Å². The third-order valence-corrected chi connectivity index (χ3v) is 4.81. The molecule has 8 nitrogen and oxygen atoms in total. The first-order valence-corrected chi connectivity index (χ1v) is 10.3. The van der Waals surface area contributed by atoms with Crippen LogP contribution >= 0.6 is 0 Å². The lowest BCUT2D eigenvalue weighted by Gasteiger charge is -2.23. The number of methoxy groups -OCH3 is 1. The molecule has 0 fully saturated rings. The van der Waals surface area contributed by atoms with Gasteiger partial charge >= 0.3 is 11.9 Å². The van der Waals surface area contributed by atoms with Gasteiger partial charge in [-0.05, 0) is 67.8 Å². The summed E-state index contributed by atoms with van der Waals surface area (Å²) < 4.78 is 5.19. The highest BCUT2D eigenvalue weighted by Gasteiger charge is 2.07. The Morgan fingerprint density at radius 2 is 1.78 bits per heavy atom. The average Bonchev–Trinajstić information content (AvgIpc) is 2.79. The molecule has 2 aromatic carbocycles. The normalized spacial score (nSPS) is 9.81. The molecule has 2 rings (SSSR count). The molecule has 0 spiro atoms. The SMILES string of the molecule is CCN(CCC#N)c1ccc(CNCCc2ccc(OC)cc2)c(C)c1.O=C(O)C(=O)O. The lowest BCUT2D eigenvalue weighted by Crippen LogP contribution is -2.24. The van der Waals surface area contributed by atoms with Crippen LogP contribution in [0.5, 0.6) is 5.75 Å². The molecule has 0 aliphatic rings. The van der Waals surface area contributed by atoms with Crippen LogP contribution in [0.3, 0.4) is 0 Å². The summed E-state index contributed by atoms with van der Waals surface area (Å²) in [5, 5.41) is 27.1. The summed E-state index contributed by atoms with van der Waals surface area (Å²) in [5.74, 6) is -2.75. The maximum absolute atomic E-state index is 9.10. The van der Waals surface area contributed by atoms with Gasteiger partial charge in [-0.15, -0.1) is 0 Å². The Kier molecular flexibility index (Phi) is 11.9. The number of nitrogens with zero attached hydrogens (tertiary/aromatic N) is 2. The van der Waals surface area contributed by atoms with Crippen LogP contribution in [0.15, 0.2) is 42.5 Å². The molecule has 2 aromatic rings. The van der Waals surface area contributed by atoms with E-state index in [1.165, 1.54) is 22.4 Å². The van der Waals surface area contributed by atoms with Crippen molar-refractivity contribution in [3.05, 3.63) is 59.2 Å². The quantitative estimate of drug-likeness (QED) is 0.379. The first kappa shape index (κ1) is 26.5. The van der Waals surface area contributed by atoms with E-state index < -0.39 is 11.9 Å². The predicted octanol–water partition coefficient (Wildman–Crippen LogP) is 3.23. The molecule has 172 valence electrons. The van der Waals surface area contributed by atoms with Gasteiger partial charge in [0.2, 0.25) is 0 Å². The van der Waals surface area contributed by atoms with Crippen LogP contribution in [0.4, 0.5) is 5.69 Å². The van der Waals surface area contributed by atoms with Gasteiger partial charge < -0.3 is 25.2 Å². The van der Waals surface area contributed by atoms with Crippen molar-refractivity contribution in [1.29, 1.82) is 5.26 Å². The average molecular weight is 442 g/mol. The second-order valence-corrected chi connectivity index (χ2v) is 6.98. The lowest BCUT2D eigenvalue weighted by molar-refractivity contribution is -0.159. The third kappa shape index (κ3) is 9.49. The summed E-state index contributed by atoms with van der Waals surface area (Å²) in [6, 6.07) is 17.0. The highest BCUT2D eigenvalue weighted by Crippen LogP contribution is 2.19. The largest absolute Gasteiger partial charge is 0.497 e. The van der Waals surface area contributed by atoms with Crippen LogP contribution in [-0.2, 0) is 22.6 Å². The summed E-state index contributed by atoms with van der Waals surface area (Å²) in [4.78, 5) is 20.4. The Morgan fingerprint density at radius 1 is 1.12 bits per heavy atom. The van der Waals surface area contributed by atoms with Crippen LogP contribution in [0.2, 0.25) is 0 Å². The Labute approximate surface area is 189 Å². The Bertz CT molecular complexity index is 895. The zero-order valence-electron chi connectivity index (χ0n) is 18.8. The van der Waals surface area contributed by atoms with Crippen molar-refractivity contribution in [2.24, 2.45) is 0 Å². The fraction of sp³-hybridized carbons (Fsp3) is 0.375. The minimum Gasteiger partial charge on any atom is -0.497 e. The van der Waals surface area contributed by atoms with E-state index >= 15 is 0 Å². The first-order chi connectivity index (χ1) is 15.3. The molecule has 0 heterocycles. The van der Waals surface area contributed by atoms with Crippen molar-refractivity contribution in [2.45, 2.75) is 33.2 Å². The number of carbonyl (C=O) groups is 2. The number of hydrogen-bond acceptors (Lipinski definition) is 6. The van der Waals surface area contributed by atoms with Crippen LogP contribution in [0.1, 0.15) is 30.0 Å². The molecule has 0 saturated carbocycles. The van der Waals surface area contributed by atoms with Crippen molar-refractivity contribution in [3.8, 4) is 11.8 Å². The number of aliphatic carboxylic acids is 2. The maximum atomic E-state index is 9.10. The summed E-state index contributed by atoms with van der Waals surface area (Å²) >= 11 is 0. The molecule has 32 heavy (non-hydrogen) atoms. The summed E-state index contributed by atoms with van der Waals surface area (Å²) in [6.45, 7) is 7.79. The van der Waals surface area contributed by atoms with Gasteiger partial charge in [0.05, 0.1) is 19.6 Å². The first-order valence-electron chi connectivity index (χ1n) is 10.3. The van der Waals surface area contributed by atoms with Gasteiger partial charge in [0.15, 0.2) is 0 Å². The van der Waals surface area contributed by atoms with Crippen LogP contribution in [0, 0.1) is 18.3 Å². The molecule has 0 atom stereocenters. The highest BCUT2D eigenvalue weighted by atomic mass is 16.5. The number of rotatable bonds is 10. The van der Waals surface area contributed by atoms with E-state index in [-0.39, 0.29) is 0 Å². The molecule has 0 aliphatic heterocycles. The van der Waals surface area contributed by atoms with E-state index in [9.17, 15) is 0 Å². The van der Waals surface area contributed by atoms with E-state index in [0.717, 1.165) is 38.3 Å². The molecule has 0 radical (unpaired) electrons. The topological polar surface area (TPSA) is 123 Å². The molecule has 0 amide bonds. The molecule has 0 aromatic heterocycles. The molecule has 8 heteroatoms. The van der Waals surface area contributed by atoms with Gasteiger partial charge in [-0.3, -0.25) is 0 Å². The van der Waals surface area contributed by atoms with Gasteiger partial charge in [-0.25, -0.2) is 9.59 Å². The van der Waals surface area contributed by atoms with Crippen molar-refractivity contribution >= 4 is 17.6 Å². The van der Waals surface area contributed by atoms with Crippen molar-refractivity contribution in [3.63, 3.8) is 0 Å². The van der Waals surface area contributed by atoms with Gasteiger partial charge in [0.25, 0.3) is 0 Å². The molecule has 0 aliphatic carbocycles. The van der Waals surface area contributed by atoms with Crippen LogP contribution in [-0.4, -0.2) is 48.9 Å². The lowest BCUT2D eigenvalue weighted by atomic mass is 10.1. The number of carboxylic acids is 2. The summed E-state index contributed by atoms with van der Waals surface area (Å²) in [5.41, 5.74) is 5.11. The number of ether oxygens (including phenoxy) is 1. The van der Waals surface area contributed by atoms with Crippen molar-refractivity contribution < 1.29 is 24.5 Å². The van der Waals surface area contributed by atoms with E-state index in [0.29, 0.717) is 6.42 Å². The number of benzene rings is 2. The van der Waals surface area contributed by atoms with Crippen molar-refractivity contribution in [1.82, 2.24) is 5.32 Å². The summed E-state index contributed by atoms with van der Waals surface area (Å²) in [6.07, 6.45) is 1.56. The third-order valence-electron chi connectivity index (χ3n) is 4.81. The molecule has 0 bridgehead atoms. The maximum Gasteiger partial charge on any atom is 0.414 e. The predicted molar refractivity (Wildman–Crippen MR) is 123 cm³/mol. The molecular weight excluding hydrogens is 410 g/mol. The number of aryl methyl sites for hydroxylation is 1. The zero-order chi connectivity index (χ0) is 23.9. The second-order valence-electron chi connectivity index (χ2n) is 6.98. The minimum atomic E-state index is -1.82. The molecular formula is C24H31N3O5. The number of nitrogens with one attached hydrogen (secondary N) is 1. The molecule has 0 unspecified atom stereocenters. The van der Waals surface area contributed by atoms with Crippen molar-refractivity contribution in [2.75, 3.05) is 31.6 Å². The summed E-state index contributed by atoms with van der Waals surface area (Å²) in [7, 11) is 1.69. The van der Waals surface area contributed by atoms with Gasteiger partial charge in [0.1, 0.15) is 5.75 Å². The number of anilines is 1. The number of hydrogen-bond donors (Lipinski definition) is 3. The number of carboxylic acid groups (broad SMARTS) is 2. The van der Waals surface area contributed by atoms with Gasteiger partial charge in [-0.1, -0.05) is 18.2 Å². The standard InChI is InChI=1S/C22H29N3O.C2H2O4/c1-4-25(15-5-13-23)21-9-8-20(18(2)16-21)17-24-14-12-19-6-10-22(26-3)11-7-19;3-1(4)2(5)6/h6-11,16,24H,4-5,12,14-15,17H2,1-3H3;(H,3,4)(H,5,6). The fourth-order valence-corrected chi connectivity index (χ4v) is 2.98. The van der Waals surface area contributed by atoms with Gasteiger partial charge in [0, 0.05) is 25.3 Å². The zero-order valence-corrected chi connectivity index (χ0v) is 18.8. The van der Waals surface area contributed by atoms with Gasteiger partial charge in [-0.2, -0.15) is 5.26 Å². The Morgan fingerprint density at radius 3 is 2.28 bits per heavy atom. The van der Waals surface area contributed by atoms with E-state index in [1.807, 2.05) is 12.1 Å². The number of nitriles is 1. The highest BCUT2D eigenvalue weighted by molar-refractivity contribution is 6.27.